The van der Waals surface area contributed by atoms with Gasteiger partial charge < -0.3 is 14.7 Å². The van der Waals surface area contributed by atoms with Crippen LogP contribution in [0, 0.1) is 5.92 Å². The van der Waals surface area contributed by atoms with Gasteiger partial charge in [-0.1, -0.05) is 0 Å². The number of piperidine rings is 1. The molecule has 2 saturated heterocycles. The minimum absolute atomic E-state index is 0.148. The number of hydrogen-bond donors (Lipinski definition) is 1. The lowest BCUT2D eigenvalue weighted by Crippen LogP contribution is -2.50. The minimum Gasteiger partial charge on any atom is -0.339 e. The fraction of sp³-hybridized carbons (Fsp3) is 0.750. The first-order valence-corrected chi connectivity index (χ1v) is 8.74. The Hall–Kier alpha value is -1.96. The number of carbonyl (C=O) groups is 2. The van der Waals surface area contributed by atoms with Crippen molar-refractivity contribution in [2.45, 2.75) is 25.7 Å². The smallest absolute Gasteiger partial charge is 0.291 e. The summed E-state index contributed by atoms with van der Waals surface area (Å²) in [6.45, 7) is 4.58. The van der Waals surface area contributed by atoms with Crippen LogP contribution in [0.4, 0.5) is 0 Å². The molecule has 132 valence electrons. The second-order valence-electron chi connectivity index (χ2n) is 6.82. The van der Waals surface area contributed by atoms with Crippen LogP contribution in [0.5, 0.6) is 0 Å². The van der Waals surface area contributed by atoms with Crippen molar-refractivity contribution in [3.63, 3.8) is 0 Å². The van der Waals surface area contributed by atoms with E-state index in [1.54, 1.807) is 4.90 Å². The van der Waals surface area contributed by atoms with Gasteiger partial charge in [0.2, 0.25) is 11.7 Å². The molecule has 2 amide bonds. The van der Waals surface area contributed by atoms with Gasteiger partial charge in [0, 0.05) is 39.1 Å². The van der Waals surface area contributed by atoms with E-state index in [0.717, 1.165) is 13.0 Å². The molecule has 0 aromatic carbocycles. The molecule has 0 bridgehead atoms. The topological polar surface area (TPSA) is 85.4 Å². The molecule has 3 rings (SSSR count). The van der Waals surface area contributed by atoms with Crippen molar-refractivity contribution in [3.8, 4) is 0 Å². The van der Waals surface area contributed by atoms with Gasteiger partial charge in [-0.05, 0) is 38.8 Å². The van der Waals surface area contributed by atoms with Gasteiger partial charge in [-0.2, -0.15) is 5.10 Å². The maximum Gasteiger partial charge on any atom is 0.291 e. The van der Waals surface area contributed by atoms with E-state index in [0.29, 0.717) is 38.5 Å². The molecule has 1 atom stereocenters. The highest BCUT2D eigenvalue weighted by molar-refractivity contribution is 5.90. The number of carbonyl (C=O) groups excluding carboxylic acids is 2. The lowest BCUT2D eigenvalue weighted by atomic mass is 9.93. The summed E-state index contributed by atoms with van der Waals surface area (Å²) in [5.41, 5.74) is 0. The highest BCUT2D eigenvalue weighted by Crippen LogP contribution is 2.20. The molecule has 3 heterocycles. The number of piperazine rings is 1. The molecule has 1 N–H and O–H groups in total. The first kappa shape index (κ1) is 16.9. The SMILES string of the molecule is CN1CCC[C@H](CCC(=O)N2CCN(C(=O)c3ncn[nH]3)CC2)C1. The van der Waals surface area contributed by atoms with Crippen molar-refractivity contribution in [1.82, 2.24) is 29.9 Å². The summed E-state index contributed by atoms with van der Waals surface area (Å²) < 4.78 is 0. The maximum absolute atomic E-state index is 12.4. The first-order chi connectivity index (χ1) is 11.6. The third-order valence-electron chi connectivity index (χ3n) is 5.03. The molecule has 0 aliphatic carbocycles. The molecule has 2 fully saturated rings. The number of likely N-dealkylation sites (tertiary alicyclic amines) is 1. The molecule has 2 aliphatic rings. The van der Waals surface area contributed by atoms with E-state index in [1.807, 2.05) is 4.90 Å². The van der Waals surface area contributed by atoms with Gasteiger partial charge in [0.05, 0.1) is 0 Å². The molecule has 0 saturated carbocycles. The zero-order valence-corrected chi connectivity index (χ0v) is 14.3. The average molecular weight is 334 g/mol. The summed E-state index contributed by atoms with van der Waals surface area (Å²) in [5, 5.41) is 6.30. The van der Waals surface area contributed by atoms with Crippen LogP contribution >= 0.6 is 0 Å². The molecule has 24 heavy (non-hydrogen) atoms. The molecule has 8 nitrogen and oxygen atoms in total. The van der Waals surface area contributed by atoms with E-state index >= 15 is 0 Å². The van der Waals surface area contributed by atoms with Gasteiger partial charge in [0.15, 0.2) is 0 Å². The van der Waals surface area contributed by atoms with Crippen molar-refractivity contribution >= 4 is 11.8 Å². The van der Waals surface area contributed by atoms with Crippen LogP contribution in [0.25, 0.3) is 0 Å². The van der Waals surface area contributed by atoms with Crippen molar-refractivity contribution in [1.29, 1.82) is 0 Å². The largest absolute Gasteiger partial charge is 0.339 e. The summed E-state index contributed by atoms with van der Waals surface area (Å²) in [5.74, 6) is 0.970. The van der Waals surface area contributed by atoms with Crippen molar-refractivity contribution in [2.75, 3.05) is 46.3 Å². The number of nitrogens with one attached hydrogen (secondary N) is 1. The molecule has 1 aromatic rings. The fourth-order valence-electron chi connectivity index (χ4n) is 3.61. The van der Waals surface area contributed by atoms with Crippen LogP contribution in [0.15, 0.2) is 6.33 Å². The van der Waals surface area contributed by atoms with E-state index in [9.17, 15) is 9.59 Å². The monoisotopic (exact) mass is 334 g/mol. The second kappa shape index (κ2) is 7.74. The quantitative estimate of drug-likeness (QED) is 0.851. The predicted octanol–water partition coefficient (Wildman–Crippen LogP) is 0.211. The first-order valence-electron chi connectivity index (χ1n) is 8.74. The molecule has 8 heteroatoms. The average Bonchev–Trinajstić information content (AvgIpc) is 3.14. The van der Waals surface area contributed by atoms with Gasteiger partial charge in [0.25, 0.3) is 5.91 Å². The number of hydrogen-bond acceptors (Lipinski definition) is 5. The Morgan fingerprint density at radius 2 is 1.96 bits per heavy atom. The van der Waals surface area contributed by atoms with Crippen LogP contribution in [-0.2, 0) is 4.79 Å². The number of aromatic amines is 1. The predicted molar refractivity (Wildman–Crippen MR) is 88.3 cm³/mol. The number of amides is 2. The molecule has 0 unspecified atom stereocenters. The fourth-order valence-corrected chi connectivity index (χ4v) is 3.61. The van der Waals surface area contributed by atoms with E-state index in [1.165, 1.54) is 25.7 Å². The molecular formula is C16H26N6O2. The molecule has 1 aromatic heterocycles. The van der Waals surface area contributed by atoms with Gasteiger partial charge in [0.1, 0.15) is 6.33 Å². The lowest BCUT2D eigenvalue weighted by molar-refractivity contribution is -0.133. The zero-order chi connectivity index (χ0) is 16.9. The Kier molecular flexibility index (Phi) is 5.44. The van der Waals surface area contributed by atoms with Gasteiger partial charge in [-0.3, -0.25) is 14.7 Å². The standard InChI is InChI=1S/C16H26N6O2/c1-20-6-2-3-13(11-20)4-5-14(23)21-7-9-22(10-8-21)16(24)15-17-12-18-19-15/h12-13H,2-11H2,1H3,(H,17,18,19)/t13-/m1/s1. The van der Waals surface area contributed by atoms with Crippen LogP contribution in [0.1, 0.15) is 36.3 Å². The number of aromatic nitrogens is 3. The van der Waals surface area contributed by atoms with Crippen LogP contribution in [-0.4, -0.2) is 88.0 Å². The van der Waals surface area contributed by atoms with Crippen LogP contribution < -0.4 is 0 Å². The Labute approximate surface area is 142 Å². The zero-order valence-electron chi connectivity index (χ0n) is 14.3. The van der Waals surface area contributed by atoms with Crippen molar-refractivity contribution < 1.29 is 9.59 Å². The number of nitrogens with zero attached hydrogens (tertiary/aromatic N) is 5. The van der Waals surface area contributed by atoms with Crippen molar-refractivity contribution in [3.05, 3.63) is 12.2 Å². The Balaban J connectivity index is 1.41. The number of H-pyrrole nitrogens is 1. The van der Waals surface area contributed by atoms with Gasteiger partial charge >= 0.3 is 0 Å². The minimum atomic E-state index is -0.148. The highest BCUT2D eigenvalue weighted by Gasteiger charge is 2.26. The molecular weight excluding hydrogens is 308 g/mol. The van der Waals surface area contributed by atoms with Crippen LogP contribution in [0.3, 0.4) is 0 Å². The normalized spacial score (nSPS) is 22.6. The van der Waals surface area contributed by atoms with Crippen LogP contribution in [0.2, 0.25) is 0 Å². The third-order valence-corrected chi connectivity index (χ3v) is 5.03. The second-order valence-corrected chi connectivity index (χ2v) is 6.82. The van der Waals surface area contributed by atoms with Gasteiger partial charge in [-0.15, -0.1) is 0 Å². The van der Waals surface area contributed by atoms with E-state index in [4.69, 9.17) is 0 Å². The summed E-state index contributed by atoms with van der Waals surface area (Å²) in [6, 6.07) is 0. The number of rotatable bonds is 4. The third kappa shape index (κ3) is 4.11. The summed E-state index contributed by atoms with van der Waals surface area (Å²) >= 11 is 0. The Bertz CT molecular complexity index is 553. The van der Waals surface area contributed by atoms with E-state index in [2.05, 4.69) is 27.1 Å². The van der Waals surface area contributed by atoms with Crippen molar-refractivity contribution in [2.24, 2.45) is 5.92 Å². The Morgan fingerprint density at radius 3 is 2.62 bits per heavy atom. The summed E-state index contributed by atoms with van der Waals surface area (Å²) in [7, 11) is 2.15. The summed E-state index contributed by atoms with van der Waals surface area (Å²) in [4.78, 5) is 34.4. The lowest BCUT2D eigenvalue weighted by Gasteiger charge is -2.35. The van der Waals surface area contributed by atoms with E-state index in [-0.39, 0.29) is 17.6 Å². The maximum atomic E-state index is 12.4. The molecule has 0 radical (unpaired) electrons. The summed E-state index contributed by atoms with van der Waals surface area (Å²) in [6.07, 6.45) is 5.39. The highest BCUT2D eigenvalue weighted by atomic mass is 16.2. The van der Waals surface area contributed by atoms with Gasteiger partial charge in [-0.25, -0.2) is 4.98 Å². The van der Waals surface area contributed by atoms with E-state index < -0.39 is 0 Å². The molecule has 0 spiro atoms. The Morgan fingerprint density at radius 1 is 1.21 bits per heavy atom. The molecule has 2 aliphatic heterocycles.